The number of aliphatic hydroxyl groups excluding tert-OH is 2. The van der Waals surface area contributed by atoms with Crippen LogP contribution in [0.4, 0.5) is 0 Å². The predicted octanol–water partition coefficient (Wildman–Crippen LogP) is 21.5. The lowest BCUT2D eigenvalue weighted by Gasteiger charge is -2.21. The quantitative estimate of drug-likeness (QED) is 0.0146. The molecule has 16 nitrogen and oxygen atoms in total. The van der Waals surface area contributed by atoms with Gasteiger partial charge in [0, 0.05) is 19.3 Å². The Bertz CT molecular complexity index is 2710. The van der Waals surface area contributed by atoms with Crippen LogP contribution in [0.1, 0.15) is 226 Å². The SMILES string of the molecule is CC/C=C\C/C=C\C/C=C\C/C=C\C/C=C\C/C=C\CCCCCCCCCCC(=O)OCC(O)COP(=O)(O)OCC(O)COP(=O)(O)OCC(COC(=O)CC/C=C\C/C=C\C/C=C\C/C=C\C/C=C\C/C=C\CC)OC(=O)CC/C=C\C/C=C\C/C=C\C/C=C\C/C=C\C/C=C\CC. The van der Waals surface area contributed by atoms with Crippen LogP contribution in [0.5, 0.6) is 0 Å². The van der Waals surface area contributed by atoms with E-state index in [9.17, 15) is 43.5 Å². The highest BCUT2D eigenvalue weighted by Gasteiger charge is 2.29. The highest BCUT2D eigenvalue weighted by molar-refractivity contribution is 7.47. The monoisotopic (exact) mass is 1440 g/mol. The molecule has 0 aromatic carbocycles. The second-order valence-electron chi connectivity index (χ2n) is 23.6. The fraction of sp³-hybridized carbons (Fsp3) is 0.530. The standard InChI is InChI=1S/C83H128O16P2/c1-4-7-10-13-16-19-22-25-28-31-34-35-36-37-38-39-40-41-44-46-48-51-54-57-60-63-66-69-81(86)93-72-78(84)73-95-100(89,90)96-74-79(85)75-97-101(91,92)98-77-80(99-83(88)71-68-65-62-59-56-53-50-47-43-33-30-27-24-21-18-15-12-9-6-3)76-94-82(87)70-67-64-61-58-55-52-49-45-42-32-29-26-23-20-17-14-11-8-5-2/h7-12,16-21,25-30,34-35,37-38,40-43,45,47,52-53,55-56,61-62,64-65,78-80,84-85H,4-6,13-15,22-24,31-33,36,39,44,46,48-51,54,57-60,63,66-77H2,1-3H3,(H,89,90)(H,91,92)/b10-7-,11-8-,12-9-,19-16-,20-17-,21-18-,28-25-,29-26-,30-27-,35-34-,38-37-,41-40-,45-42-,47-43-,55-52-,56-53-,64-61-,65-62-. The molecule has 0 rings (SSSR count). The number of phosphoric ester groups is 2. The molecule has 0 aromatic heterocycles. The Balaban J connectivity index is 4.77. The first-order chi connectivity index (χ1) is 49.2. The summed E-state index contributed by atoms with van der Waals surface area (Å²) >= 11 is 0. The summed E-state index contributed by atoms with van der Waals surface area (Å²) in [6.45, 7) is 2.09. The van der Waals surface area contributed by atoms with Crippen LogP contribution in [-0.2, 0) is 55.8 Å². The first kappa shape index (κ1) is 94.9. The lowest BCUT2D eigenvalue weighted by molar-refractivity contribution is -0.161. The van der Waals surface area contributed by atoms with E-state index in [1.165, 1.54) is 12.8 Å². The normalized spacial score (nSPS) is 15.3. The van der Waals surface area contributed by atoms with Crippen molar-refractivity contribution >= 4 is 33.6 Å². The second kappa shape index (κ2) is 73.6. The van der Waals surface area contributed by atoms with Crippen molar-refractivity contribution in [3.8, 4) is 0 Å². The molecule has 0 aliphatic heterocycles. The Morgan fingerprint density at radius 2 is 0.515 bits per heavy atom. The molecule has 0 heterocycles. The number of rotatable bonds is 67. The number of carbonyl (C=O) groups excluding carboxylic acids is 3. The van der Waals surface area contributed by atoms with Gasteiger partial charge in [0.1, 0.15) is 25.4 Å². The first-order valence-electron chi connectivity index (χ1n) is 37.0. The number of ether oxygens (including phenoxy) is 3. The zero-order valence-corrected chi connectivity index (χ0v) is 63.3. The molecule has 0 radical (unpaired) electrons. The molecular formula is C83H128O16P2. The van der Waals surface area contributed by atoms with E-state index in [0.717, 1.165) is 141 Å². The van der Waals surface area contributed by atoms with E-state index in [-0.39, 0.29) is 19.3 Å². The molecule has 4 N–H and O–H groups in total. The summed E-state index contributed by atoms with van der Waals surface area (Å²) in [4.78, 5) is 58.5. The Morgan fingerprint density at radius 1 is 0.277 bits per heavy atom. The molecule has 0 saturated heterocycles. The summed E-state index contributed by atoms with van der Waals surface area (Å²) < 4.78 is 60.8. The van der Waals surface area contributed by atoms with E-state index in [4.69, 9.17) is 32.3 Å². The van der Waals surface area contributed by atoms with Crippen LogP contribution in [0.25, 0.3) is 0 Å². The highest BCUT2D eigenvalue weighted by atomic mass is 31.2. The Labute approximate surface area is 609 Å². The first-order valence-corrected chi connectivity index (χ1v) is 40.0. The fourth-order valence-corrected chi connectivity index (χ4v) is 10.3. The van der Waals surface area contributed by atoms with Crippen molar-refractivity contribution in [1.29, 1.82) is 0 Å². The lowest BCUT2D eigenvalue weighted by Crippen LogP contribution is -2.29. The molecule has 0 fully saturated rings. The number of allylic oxidation sites excluding steroid dienone is 36. The van der Waals surface area contributed by atoms with Crippen molar-refractivity contribution in [3.63, 3.8) is 0 Å². The molecule has 5 atom stereocenters. The highest BCUT2D eigenvalue weighted by Crippen LogP contribution is 2.45. The Morgan fingerprint density at radius 3 is 0.842 bits per heavy atom. The van der Waals surface area contributed by atoms with Crippen LogP contribution in [0.3, 0.4) is 0 Å². The van der Waals surface area contributed by atoms with E-state index >= 15 is 0 Å². The third-order valence-corrected chi connectivity index (χ3v) is 16.1. The van der Waals surface area contributed by atoms with Gasteiger partial charge in [0.2, 0.25) is 0 Å². The van der Waals surface area contributed by atoms with Crippen LogP contribution in [0.2, 0.25) is 0 Å². The minimum atomic E-state index is -4.98. The van der Waals surface area contributed by atoms with Gasteiger partial charge in [-0.3, -0.25) is 32.5 Å². The van der Waals surface area contributed by atoms with Gasteiger partial charge in [0.15, 0.2) is 6.10 Å². The van der Waals surface area contributed by atoms with Crippen molar-refractivity contribution in [2.45, 2.75) is 245 Å². The summed E-state index contributed by atoms with van der Waals surface area (Å²) in [5.41, 5.74) is 0. The van der Waals surface area contributed by atoms with Gasteiger partial charge < -0.3 is 34.2 Å². The van der Waals surface area contributed by atoms with Crippen molar-refractivity contribution in [3.05, 3.63) is 219 Å². The van der Waals surface area contributed by atoms with Crippen LogP contribution < -0.4 is 0 Å². The summed E-state index contributed by atoms with van der Waals surface area (Å²) in [6, 6.07) is 0. The summed E-state index contributed by atoms with van der Waals surface area (Å²) in [5, 5.41) is 20.6. The van der Waals surface area contributed by atoms with E-state index < -0.39 is 91.5 Å². The van der Waals surface area contributed by atoms with Crippen LogP contribution in [0, 0.1) is 0 Å². The molecule has 0 amide bonds. The summed E-state index contributed by atoms with van der Waals surface area (Å²) in [7, 11) is -9.86. The number of hydrogen-bond acceptors (Lipinski definition) is 14. The van der Waals surface area contributed by atoms with E-state index in [1.54, 1.807) is 0 Å². The number of esters is 3. The third kappa shape index (κ3) is 74.9. The Hall–Kier alpha value is -6.13. The third-order valence-electron chi connectivity index (χ3n) is 14.2. The molecular weight excluding hydrogens is 1310 g/mol. The molecule has 101 heavy (non-hydrogen) atoms. The number of phosphoric acid groups is 2. The largest absolute Gasteiger partial charge is 0.472 e. The molecule has 5 unspecified atom stereocenters. The van der Waals surface area contributed by atoms with Crippen molar-refractivity contribution in [1.82, 2.24) is 0 Å². The van der Waals surface area contributed by atoms with Crippen LogP contribution >= 0.6 is 15.6 Å². The molecule has 18 heteroatoms. The van der Waals surface area contributed by atoms with Gasteiger partial charge in [-0.2, -0.15) is 0 Å². The van der Waals surface area contributed by atoms with Gasteiger partial charge in [0.25, 0.3) is 0 Å². The number of hydrogen-bond donors (Lipinski definition) is 4. The maximum Gasteiger partial charge on any atom is 0.472 e. The van der Waals surface area contributed by atoms with Crippen LogP contribution in [-0.4, -0.2) is 95.9 Å². The molecule has 0 aliphatic rings. The molecule has 0 spiro atoms. The molecule has 0 aromatic rings. The summed E-state index contributed by atoms with van der Waals surface area (Å²) in [6.07, 6.45) is 98.7. The predicted molar refractivity (Wildman–Crippen MR) is 417 cm³/mol. The summed E-state index contributed by atoms with van der Waals surface area (Å²) in [5.74, 6) is -1.80. The van der Waals surface area contributed by atoms with E-state index in [2.05, 4.69) is 203 Å². The molecule has 0 aliphatic carbocycles. The van der Waals surface area contributed by atoms with Gasteiger partial charge in [-0.25, -0.2) is 9.13 Å². The zero-order valence-electron chi connectivity index (χ0n) is 61.5. The van der Waals surface area contributed by atoms with Gasteiger partial charge in [-0.15, -0.1) is 0 Å². The fourth-order valence-electron chi connectivity index (χ4n) is 8.68. The molecule has 0 saturated carbocycles. The molecule has 566 valence electrons. The minimum absolute atomic E-state index is 0.0192. The van der Waals surface area contributed by atoms with Crippen molar-refractivity contribution in [2.75, 3.05) is 39.6 Å². The minimum Gasteiger partial charge on any atom is -0.463 e. The lowest BCUT2D eigenvalue weighted by atomic mass is 10.1. The van der Waals surface area contributed by atoms with Crippen LogP contribution in [0.15, 0.2) is 219 Å². The average Bonchev–Trinajstić information content (AvgIpc) is 3.19. The van der Waals surface area contributed by atoms with E-state index in [0.29, 0.717) is 32.1 Å². The van der Waals surface area contributed by atoms with Gasteiger partial charge in [0.05, 0.1) is 26.4 Å². The maximum atomic E-state index is 12.9. The van der Waals surface area contributed by atoms with Gasteiger partial charge in [-0.1, -0.05) is 278 Å². The topological polar surface area (TPSA) is 231 Å². The molecule has 0 bridgehead atoms. The second-order valence-corrected chi connectivity index (χ2v) is 26.5. The van der Waals surface area contributed by atoms with Crippen molar-refractivity contribution < 1.29 is 75.8 Å². The Kier molecular flexibility index (Phi) is 69.1. The van der Waals surface area contributed by atoms with Gasteiger partial charge in [-0.05, 0) is 148 Å². The average molecular weight is 1440 g/mol. The smallest absolute Gasteiger partial charge is 0.463 e. The zero-order chi connectivity index (χ0) is 73.7. The van der Waals surface area contributed by atoms with Crippen molar-refractivity contribution in [2.24, 2.45) is 0 Å². The number of aliphatic hydroxyl groups is 2. The number of carbonyl (C=O) groups is 3. The van der Waals surface area contributed by atoms with E-state index in [1.807, 2.05) is 36.5 Å². The van der Waals surface area contributed by atoms with Gasteiger partial charge >= 0.3 is 33.6 Å². The number of unbranched alkanes of at least 4 members (excludes halogenated alkanes) is 8. The maximum absolute atomic E-state index is 12.9.